The van der Waals surface area contributed by atoms with E-state index < -0.39 is 11.1 Å². The lowest BCUT2D eigenvalue weighted by Crippen LogP contribution is -2.62. The minimum Gasteiger partial charge on any atom is -0.394 e. The summed E-state index contributed by atoms with van der Waals surface area (Å²) in [6, 6.07) is 0. The van der Waals surface area contributed by atoms with Gasteiger partial charge in [-0.15, -0.1) is 0 Å². The van der Waals surface area contributed by atoms with Crippen molar-refractivity contribution in [1.29, 1.82) is 0 Å². The van der Waals surface area contributed by atoms with Crippen molar-refractivity contribution in [3.05, 3.63) is 0 Å². The van der Waals surface area contributed by atoms with E-state index in [1.54, 1.807) is 0 Å². The average Bonchev–Trinajstić information content (AvgIpc) is 2.37. The fourth-order valence-corrected chi connectivity index (χ4v) is 2.02. The number of hydrogen-bond donors (Lipinski definition) is 3. The first-order chi connectivity index (χ1) is 8.02. The van der Waals surface area contributed by atoms with E-state index in [1.807, 2.05) is 13.8 Å². The van der Waals surface area contributed by atoms with Gasteiger partial charge in [0.2, 0.25) is 5.91 Å². The van der Waals surface area contributed by atoms with E-state index in [1.165, 1.54) is 0 Å². The van der Waals surface area contributed by atoms with E-state index >= 15 is 0 Å². The summed E-state index contributed by atoms with van der Waals surface area (Å²) in [5.74, 6) is -0.168. The van der Waals surface area contributed by atoms with Gasteiger partial charge in [-0.1, -0.05) is 13.8 Å². The lowest BCUT2D eigenvalue weighted by Gasteiger charge is -2.38. The number of nitrogens with two attached hydrogens (primary N) is 1. The molecule has 0 bridgehead atoms. The quantitative estimate of drug-likeness (QED) is 0.643. The van der Waals surface area contributed by atoms with Crippen LogP contribution in [0.4, 0.5) is 0 Å². The molecule has 1 saturated heterocycles. The van der Waals surface area contributed by atoms with Gasteiger partial charge >= 0.3 is 0 Å². The van der Waals surface area contributed by atoms with Crippen LogP contribution in [-0.4, -0.2) is 41.9 Å². The van der Waals surface area contributed by atoms with Gasteiger partial charge in [-0.05, 0) is 25.7 Å². The van der Waals surface area contributed by atoms with Crippen LogP contribution in [0.1, 0.15) is 39.5 Å². The highest BCUT2D eigenvalue weighted by atomic mass is 16.5. The predicted octanol–water partition coefficient (Wildman–Crippen LogP) is 0.162. The highest BCUT2D eigenvalue weighted by Gasteiger charge is 2.39. The molecule has 100 valence electrons. The highest BCUT2D eigenvalue weighted by Crippen LogP contribution is 2.21. The summed E-state index contributed by atoms with van der Waals surface area (Å²) in [6.07, 6.45) is 2.46. The molecule has 0 radical (unpaired) electrons. The Morgan fingerprint density at radius 3 is 2.35 bits per heavy atom. The van der Waals surface area contributed by atoms with Crippen LogP contribution < -0.4 is 11.1 Å². The molecule has 0 aliphatic carbocycles. The molecule has 1 fully saturated rings. The summed E-state index contributed by atoms with van der Waals surface area (Å²) in [6.45, 7) is 4.89. The van der Waals surface area contributed by atoms with Crippen LogP contribution >= 0.6 is 0 Å². The first-order valence-electron chi connectivity index (χ1n) is 6.32. The average molecular weight is 244 g/mol. The molecule has 1 aliphatic heterocycles. The number of amides is 1. The largest absolute Gasteiger partial charge is 0.394 e. The molecular weight excluding hydrogens is 220 g/mol. The first kappa shape index (κ1) is 14.4. The Balaban J connectivity index is 2.69. The van der Waals surface area contributed by atoms with Gasteiger partial charge in [0.25, 0.3) is 0 Å². The summed E-state index contributed by atoms with van der Waals surface area (Å²) in [5.41, 5.74) is 4.72. The SMILES string of the molecule is CCC(CC)(CO)NC(=O)C1(N)CCOCC1. The molecule has 1 aliphatic rings. The second-order valence-electron chi connectivity index (χ2n) is 4.87. The van der Waals surface area contributed by atoms with E-state index in [4.69, 9.17) is 10.5 Å². The third-order valence-corrected chi connectivity index (χ3v) is 3.87. The predicted molar refractivity (Wildman–Crippen MR) is 65.5 cm³/mol. The fourth-order valence-electron chi connectivity index (χ4n) is 2.02. The number of aliphatic hydroxyl groups excluding tert-OH is 1. The Kier molecular flexibility index (Phi) is 4.91. The van der Waals surface area contributed by atoms with Crippen molar-refractivity contribution < 1.29 is 14.6 Å². The third-order valence-electron chi connectivity index (χ3n) is 3.87. The van der Waals surface area contributed by atoms with Crippen molar-refractivity contribution in [2.45, 2.75) is 50.6 Å². The molecular formula is C12H24N2O3. The molecule has 5 heteroatoms. The summed E-state index contributed by atoms with van der Waals surface area (Å²) in [5, 5.41) is 12.3. The van der Waals surface area contributed by atoms with Gasteiger partial charge in [0.1, 0.15) is 0 Å². The minimum atomic E-state index is -0.844. The number of aliphatic hydroxyl groups is 1. The van der Waals surface area contributed by atoms with Crippen molar-refractivity contribution in [1.82, 2.24) is 5.32 Å². The molecule has 0 aromatic heterocycles. The number of carbonyl (C=O) groups is 1. The number of carbonyl (C=O) groups excluding carboxylic acids is 1. The number of ether oxygens (including phenoxy) is 1. The Hall–Kier alpha value is -0.650. The molecule has 1 rings (SSSR count). The Bertz CT molecular complexity index is 250. The number of rotatable bonds is 5. The molecule has 0 saturated carbocycles. The van der Waals surface area contributed by atoms with Crippen molar-refractivity contribution >= 4 is 5.91 Å². The molecule has 0 atom stereocenters. The van der Waals surface area contributed by atoms with Gasteiger partial charge < -0.3 is 20.9 Å². The van der Waals surface area contributed by atoms with Crippen LogP contribution in [0.5, 0.6) is 0 Å². The van der Waals surface area contributed by atoms with Gasteiger partial charge in [0.15, 0.2) is 0 Å². The molecule has 4 N–H and O–H groups in total. The van der Waals surface area contributed by atoms with E-state index in [9.17, 15) is 9.90 Å². The minimum absolute atomic E-state index is 0.0572. The Morgan fingerprint density at radius 1 is 1.41 bits per heavy atom. The smallest absolute Gasteiger partial charge is 0.240 e. The van der Waals surface area contributed by atoms with Crippen LogP contribution in [0.3, 0.4) is 0 Å². The second-order valence-corrected chi connectivity index (χ2v) is 4.87. The Labute approximate surface area is 103 Å². The molecule has 0 spiro atoms. The normalized spacial score (nSPS) is 20.0. The van der Waals surface area contributed by atoms with Crippen LogP contribution in [-0.2, 0) is 9.53 Å². The zero-order valence-electron chi connectivity index (χ0n) is 10.8. The van der Waals surface area contributed by atoms with Gasteiger partial charge in [0.05, 0.1) is 17.7 Å². The number of nitrogens with one attached hydrogen (secondary N) is 1. The summed E-state index contributed by atoms with van der Waals surface area (Å²) < 4.78 is 5.21. The lowest BCUT2D eigenvalue weighted by molar-refractivity contribution is -0.132. The molecule has 17 heavy (non-hydrogen) atoms. The topological polar surface area (TPSA) is 84.6 Å². The first-order valence-corrected chi connectivity index (χ1v) is 6.32. The van der Waals surface area contributed by atoms with E-state index in [0.29, 0.717) is 38.9 Å². The monoisotopic (exact) mass is 244 g/mol. The highest BCUT2D eigenvalue weighted by molar-refractivity contribution is 5.86. The molecule has 0 unspecified atom stereocenters. The maximum atomic E-state index is 12.2. The molecule has 0 aromatic carbocycles. The van der Waals surface area contributed by atoms with E-state index in [0.717, 1.165) is 0 Å². The molecule has 1 amide bonds. The van der Waals surface area contributed by atoms with Gasteiger partial charge in [-0.25, -0.2) is 0 Å². The van der Waals surface area contributed by atoms with E-state index in [2.05, 4.69) is 5.32 Å². The summed E-state index contributed by atoms with van der Waals surface area (Å²) in [7, 11) is 0. The Morgan fingerprint density at radius 2 is 1.94 bits per heavy atom. The zero-order chi connectivity index (χ0) is 12.9. The van der Waals surface area contributed by atoms with Crippen LogP contribution in [0.2, 0.25) is 0 Å². The van der Waals surface area contributed by atoms with Crippen molar-refractivity contribution in [2.75, 3.05) is 19.8 Å². The standard InChI is InChI=1S/C12H24N2O3/c1-3-11(4-2,9-15)14-10(16)12(13)5-7-17-8-6-12/h15H,3-9,13H2,1-2H3,(H,14,16). The fraction of sp³-hybridized carbons (Fsp3) is 0.917. The molecule has 1 heterocycles. The van der Waals surface area contributed by atoms with Crippen LogP contribution in [0.15, 0.2) is 0 Å². The maximum absolute atomic E-state index is 12.2. The van der Waals surface area contributed by atoms with Crippen molar-refractivity contribution in [3.63, 3.8) is 0 Å². The van der Waals surface area contributed by atoms with Gasteiger partial charge in [-0.2, -0.15) is 0 Å². The van der Waals surface area contributed by atoms with Crippen LogP contribution in [0, 0.1) is 0 Å². The molecule has 5 nitrogen and oxygen atoms in total. The van der Waals surface area contributed by atoms with Gasteiger partial charge in [0, 0.05) is 13.2 Å². The third kappa shape index (κ3) is 3.18. The number of hydrogen-bond acceptors (Lipinski definition) is 4. The maximum Gasteiger partial charge on any atom is 0.240 e. The van der Waals surface area contributed by atoms with Crippen LogP contribution in [0.25, 0.3) is 0 Å². The summed E-state index contributed by atoms with van der Waals surface area (Å²) in [4.78, 5) is 12.2. The van der Waals surface area contributed by atoms with E-state index in [-0.39, 0.29) is 12.5 Å². The lowest BCUT2D eigenvalue weighted by atomic mass is 9.87. The summed E-state index contributed by atoms with van der Waals surface area (Å²) >= 11 is 0. The van der Waals surface area contributed by atoms with Crippen molar-refractivity contribution in [3.8, 4) is 0 Å². The zero-order valence-corrected chi connectivity index (χ0v) is 10.8. The second kappa shape index (κ2) is 5.80. The van der Waals surface area contributed by atoms with Crippen molar-refractivity contribution in [2.24, 2.45) is 5.73 Å². The van der Waals surface area contributed by atoms with Gasteiger partial charge in [-0.3, -0.25) is 4.79 Å². The molecule has 0 aromatic rings.